The number of aromatic nitrogens is 1. The molecule has 3 nitrogen and oxygen atoms in total. The summed E-state index contributed by atoms with van der Waals surface area (Å²) < 4.78 is 6.08. The molecule has 0 spiro atoms. The maximum Gasteiger partial charge on any atom is 0.150 e. The van der Waals surface area contributed by atoms with Crippen LogP contribution >= 0.6 is 0 Å². The molecule has 20 heavy (non-hydrogen) atoms. The molecule has 1 aliphatic heterocycles. The van der Waals surface area contributed by atoms with Crippen LogP contribution in [0.25, 0.3) is 6.08 Å². The first kappa shape index (κ1) is 12.7. The molecule has 1 aromatic heterocycles. The van der Waals surface area contributed by atoms with Gasteiger partial charge in [-0.1, -0.05) is 18.2 Å². The Kier molecular flexibility index (Phi) is 3.18. The van der Waals surface area contributed by atoms with Crippen molar-refractivity contribution in [2.75, 3.05) is 5.32 Å². The van der Waals surface area contributed by atoms with Crippen LogP contribution in [0.3, 0.4) is 0 Å². The van der Waals surface area contributed by atoms with Crippen LogP contribution in [0.1, 0.15) is 25.0 Å². The minimum absolute atomic E-state index is 0.262. The lowest BCUT2D eigenvalue weighted by Gasteiger charge is -2.29. The molecule has 0 unspecified atom stereocenters. The number of hydrogen-bond acceptors (Lipinski definition) is 3. The van der Waals surface area contributed by atoms with Crippen molar-refractivity contribution in [1.29, 1.82) is 0 Å². The summed E-state index contributed by atoms with van der Waals surface area (Å²) in [7, 11) is 0. The number of hydrogen-bond donors (Lipinski definition) is 1. The Morgan fingerprint density at radius 2 is 1.95 bits per heavy atom. The average molecular weight is 266 g/mol. The number of nitrogens with one attached hydrogen (secondary N) is 1. The maximum absolute atomic E-state index is 6.08. The number of ether oxygens (including phenoxy) is 1. The van der Waals surface area contributed by atoms with Crippen LogP contribution in [0.2, 0.25) is 0 Å². The largest absolute Gasteiger partial charge is 0.481 e. The van der Waals surface area contributed by atoms with E-state index in [1.807, 2.05) is 18.2 Å². The number of fused-ring (bicyclic) bond motifs is 1. The lowest BCUT2D eigenvalue weighted by Crippen LogP contribution is -2.28. The molecule has 0 atom stereocenters. The van der Waals surface area contributed by atoms with Gasteiger partial charge in [-0.15, -0.1) is 0 Å². The molecule has 1 N–H and O–H groups in total. The van der Waals surface area contributed by atoms with E-state index in [2.05, 4.69) is 48.4 Å². The van der Waals surface area contributed by atoms with Crippen molar-refractivity contribution in [3.05, 3.63) is 59.9 Å². The van der Waals surface area contributed by atoms with Gasteiger partial charge in [0.1, 0.15) is 5.60 Å². The van der Waals surface area contributed by atoms with Crippen LogP contribution in [0.15, 0.2) is 48.8 Å². The van der Waals surface area contributed by atoms with E-state index < -0.39 is 0 Å². The van der Waals surface area contributed by atoms with E-state index in [0.29, 0.717) is 0 Å². The van der Waals surface area contributed by atoms with E-state index in [4.69, 9.17) is 4.74 Å². The van der Waals surface area contributed by atoms with Crippen molar-refractivity contribution < 1.29 is 4.74 Å². The molecule has 2 heterocycles. The van der Waals surface area contributed by atoms with Crippen molar-refractivity contribution in [2.45, 2.75) is 26.0 Å². The Bertz CT molecular complexity index is 633. The SMILES string of the molecule is CC1(C)C=Cc2cccc(NCc3ccncc3)c2O1. The van der Waals surface area contributed by atoms with E-state index in [9.17, 15) is 0 Å². The summed E-state index contributed by atoms with van der Waals surface area (Å²) in [6.45, 7) is 4.88. The second-order valence-corrected chi connectivity index (χ2v) is 5.47. The predicted molar refractivity (Wildman–Crippen MR) is 81.7 cm³/mol. The fourth-order valence-corrected chi connectivity index (χ4v) is 2.22. The van der Waals surface area contributed by atoms with Crippen molar-refractivity contribution in [3.8, 4) is 5.75 Å². The fraction of sp³-hybridized carbons (Fsp3) is 0.235. The van der Waals surface area contributed by atoms with Gasteiger partial charge in [0.05, 0.1) is 5.69 Å². The normalized spacial score (nSPS) is 15.3. The fourth-order valence-electron chi connectivity index (χ4n) is 2.22. The van der Waals surface area contributed by atoms with Gasteiger partial charge in [0.25, 0.3) is 0 Å². The Balaban J connectivity index is 1.83. The summed E-state index contributed by atoms with van der Waals surface area (Å²) in [6, 6.07) is 10.2. The Labute approximate surface area is 119 Å². The molecule has 0 saturated carbocycles. The zero-order valence-corrected chi connectivity index (χ0v) is 11.8. The third-order valence-corrected chi connectivity index (χ3v) is 3.31. The molecule has 0 bridgehead atoms. The number of pyridine rings is 1. The smallest absolute Gasteiger partial charge is 0.150 e. The van der Waals surface area contributed by atoms with Crippen LogP contribution in [-0.4, -0.2) is 10.6 Å². The van der Waals surface area contributed by atoms with Gasteiger partial charge in [0.2, 0.25) is 0 Å². The number of nitrogens with zero attached hydrogens (tertiary/aromatic N) is 1. The quantitative estimate of drug-likeness (QED) is 0.915. The summed E-state index contributed by atoms with van der Waals surface area (Å²) in [5.41, 5.74) is 3.07. The summed E-state index contributed by atoms with van der Waals surface area (Å²) in [4.78, 5) is 4.03. The number of benzene rings is 1. The van der Waals surface area contributed by atoms with Crippen LogP contribution in [0.5, 0.6) is 5.75 Å². The molecule has 0 aliphatic carbocycles. The van der Waals surface area contributed by atoms with Gasteiger partial charge < -0.3 is 10.1 Å². The van der Waals surface area contributed by atoms with Crippen molar-refractivity contribution in [2.24, 2.45) is 0 Å². The topological polar surface area (TPSA) is 34.2 Å². The third kappa shape index (κ3) is 2.67. The van der Waals surface area contributed by atoms with E-state index in [1.165, 1.54) is 5.56 Å². The van der Waals surface area contributed by atoms with E-state index in [0.717, 1.165) is 23.5 Å². The summed E-state index contributed by atoms with van der Waals surface area (Å²) >= 11 is 0. The number of anilines is 1. The Morgan fingerprint density at radius 3 is 2.75 bits per heavy atom. The molecule has 102 valence electrons. The molecular weight excluding hydrogens is 248 g/mol. The number of rotatable bonds is 3. The van der Waals surface area contributed by atoms with Crippen molar-refractivity contribution >= 4 is 11.8 Å². The highest BCUT2D eigenvalue weighted by Crippen LogP contribution is 2.37. The van der Waals surface area contributed by atoms with Gasteiger partial charge in [-0.2, -0.15) is 0 Å². The molecule has 0 fully saturated rings. The molecular formula is C17H18N2O. The molecule has 3 heteroatoms. The van der Waals surface area contributed by atoms with Crippen molar-refractivity contribution in [3.63, 3.8) is 0 Å². The lowest BCUT2D eigenvalue weighted by molar-refractivity contribution is 0.160. The summed E-state index contributed by atoms with van der Waals surface area (Å²) in [5.74, 6) is 0.925. The highest BCUT2D eigenvalue weighted by atomic mass is 16.5. The van der Waals surface area contributed by atoms with E-state index in [1.54, 1.807) is 12.4 Å². The lowest BCUT2D eigenvalue weighted by atomic mass is 10.0. The first-order valence-electron chi connectivity index (χ1n) is 6.78. The van der Waals surface area contributed by atoms with Crippen LogP contribution in [-0.2, 0) is 6.54 Å². The maximum atomic E-state index is 6.08. The van der Waals surface area contributed by atoms with Crippen LogP contribution < -0.4 is 10.1 Å². The second-order valence-electron chi connectivity index (χ2n) is 5.47. The van der Waals surface area contributed by atoms with E-state index >= 15 is 0 Å². The monoisotopic (exact) mass is 266 g/mol. The zero-order chi connectivity index (χ0) is 14.0. The Hall–Kier alpha value is -2.29. The molecule has 0 amide bonds. The highest BCUT2D eigenvalue weighted by Gasteiger charge is 2.23. The van der Waals surface area contributed by atoms with Crippen LogP contribution in [0, 0.1) is 0 Å². The van der Waals surface area contributed by atoms with Gasteiger partial charge in [0.15, 0.2) is 5.75 Å². The zero-order valence-electron chi connectivity index (χ0n) is 11.8. The van der Waals surface area contributed by atoms with Gasteiger partial charge >= 0.3 is 0 Å². The summed E-state index contributed by atoms with van der Waals surface area (Å²) in [5, 5.41) is 3.44. The predicted octanol–water partition coefficient (Wildman–Crippen LogP) is 3.88. The van der Waals surface area contributed by atoms with E-state index in [-0.39, 0.29) is 5.60 Å². The Morgan fingerprint density at radius 1 is 1.15 bits per heavy atom. The highest BCUT2D eigenvalue weighted by molar-refractivity contribution is 5.71. The number of para-hydroxylation sites is 1. The average Bonchev–Trinajstić information content (AvgIpc) is 2.45. The van der Waals surface area contributed by atoms with Gasteiger partial charge in [0, 0.05) is 24.5 Å². The van der Waals surface area contributed by atoms with Crippen molar-refractivity contribution in [1.82, 2.24) is 4.98 Å². The molecule has 1 aromatic carbocycles. The molecule has 3 rings (SSSR count). The molecule has 0 saturated heterocycles. The van der Waals surface area contributed by atoms with Gasteiger partial charge in [-0.3, -0.25) is 4.98 Å². The standard InChI is InChI=1S/C17H18N2O/c1-17(2)9-6-14-4-3-5-15(16(14)20-17)19-12-13-7-10-18-11-8-13/h3-11,19H,12H2,1-2H3. The first-order valence-corrected chi connectivity index (χ1v) is 6.78. The second kappa shape index (κ2) is 5.00. The first-order chi connectivity index (χ1) is 9.64. The molecule has 2 aromatic rings. The van der Waals surface area contributed by atoms with Gasteiger partial charge in [-0.25, -0.2) is 0 Å². The third-order valence-electron chi connectivity index (χ3n) is 3.31. The van der Waals surface area contributed by atoms with Gasteiger partial charge in [-0.05, 0) is 43.7 Å². The minimum atomic E-state index is -0.262. The summed E-state index contributed by atoms with van der Waals surface area (Å²) in [6.07, 6.45) is 7.82. The molecule has 1 aliphatic rings. The molecule has 0 radical (unpaired) electrons. The minimum Gasteiger partial charge on any atom is -0.481 e. The van der Waals surface area contributed by atoms with Crippen LogP contribution in [0.4, 0.5) is 5.69 Å².